The molecule has 25 heavy (non-hydrogen) atoms. The van der Waals surface area contributed by atoms with Gasteiger partial charge in [0.15, 0.2) is 0 Å². The van der Waals surface area contributed by atoms with Gasteiger partial charge in [0.25, 0.3) is 0 Å². The van der Waals surface area contributed by atoms with Gasteiger partial charge in [-0.15, -0.1) is 0 Å². The fourth-order valence-corrected chi connectivity index (χ4v) is 2.82. The molecular weight excluding hydrogens is 312 g/mol. The molecule has 2 N–H and O–H groups in total. The largest absolute Gasteiger partial charge is 0.459 e. The van der Waals surface area contributed by atoms with Crippen LogP contribution in [0.1, 0.15) is 38.1 Å². The van der Waals surface area contributed by atoms with Crippen molar-refractivity contribution in [3.05, 3.63) is 65.9 Å². The number of benzene rings is 2. The van der Waals surface area contributed by atoms with Crippen LogP contribution in [0.2, 0.25) is 0 Å². The maximum absolute atomic E-state index is 12.5. The first-order chi connectivity index (χ1) is 12.1. The normalized spacial score (nSPS) is 13.4. The maximum Gasteiger partial charge on any atom is 0.242 e. The highest BCUT2D eigenvalue weighted by molar-refractivity contribution is 5.85. The second-order valence-electron chi connectivity index (χ2n) is 6.34. The summed E-state index contributed by atoms with van der Waals surface area (Å²) >= 11 is 0. The average molecular weight is 336 g/mol. The Balaban J connectivity index is 1.63. The Morgan fingerprint density at radius 2 is 1.88 bits per heavy atom. The topological polar surface area (TPSA) is 54.3 Å². The highest BCUT2D eigenvalue weighted by atomic mass is 16.3. The molecule has 0 spiro atoms. The third-order valence-corrected chi connectivity index (χ3v) is 4.34. The molecule has 3 aromatic rings. The highest BCUT2D eigenvalue weighted by Crippen LogP contribution is 2.23. The van der Waals surface area contributed by atoms with Gasteiger partial charge in [-0.1, -0.05) is 37.3 Å². The Bertz CT molecular complexity index is 836. The molecule has 0 bridgehead atoms. The molecule has 4 heteroatoms. The van der Waals surface area contributed by atoms with Gasteiger partial charge >= 0.3 is 0 Å². The molecule has 0 radical (unpaired) electrons. The van der Waals surface area contributed by atoms with E-state index in [1.54, 1.807) is 0 Å². The van der Waals surface area contributed by atoms with Gasteiger partial charge in [0.05, 0.1) is 6.04 Å². The number of furan rings is 1. The van der Waals surface area contributed by atoms with Crippen molar-refractivity contribution in [2.75, 3.05) is 5.32 Å². The van der Waals surface area contributed by atoms with E-state index in [-0.39, 0.29) is 18.0 Å². The number of carbonyl (C=O) groups excluding carboxylic acids is 1. The summed E-state index contributed by atoms with van der Waals surface area (Å²) in [5.74, 6) is 0.699. The van der Waals surface area contributed by atoms with Crippen molar-refractivity contribution >= 4 is 22.6 Å². The molecule has 3 rings (SSSR count). The van der Waals surface area contributed by atoms with Gasteiger partial charge < -0.3 is 15.1 Å². The molecule has 0 aliphatic rings. The SMILES string of the molecule is CCc1cccc(NC(C)C(=O)NC(C)c2cc3ccccc3o2)c1. The Morgan fingerprint density at radius 1 is 1.08 bits per heavy atom. The zero-order chi connectivity index (χ0) is 17.8. The van der Waals surface area contributed by atoms with Crippen molar-refractivity contribution < 1.29 is 9.21 Å². The summed E-state index contributed by atoms with van der Waals surface area (Å²) in [6.45, 7) is 5.91. The predicted molar refractivity (Wildman–Crippen MR) is 102 cm³/mol. The third kappa shape index (κ3) is 4.02. The smallest absolute Gasteiger partial charge is 0.242 e. The maximum atomic E-state index is 12.5. The molecule has 1 heterocycles. The molecule has 0 saturated heterocycles. The fraction of sp³-hybridized carbons (Fsp3) is 0.286. The summed E-state index contributed by atoms with van der Waals surface area (Å²) in [4.78, 5) is 12.5. The van der Waals surface area contributed by atoms with E-state index in [0.717, 1.165) is 28.8 Å². The fourth-order valence-electron chi connectivity index (χ4n) is 2.82. The van der Waals surface area contributed by atoms with Crippen LogP contribution in [0.3, 0.4) is 0 Å². The minimum Gasteiger partial charge on any atom is -0.459 e. The lowest BCUT2D eigenvalue weighted by Gasteiger charge is -2.18. The molecule has 0 aliphatic carbocycles. The average Bonchev–Trinajstić information content (AvgIpc) is 3.06. The van der Waals surface area contributed by atoms with E-state index in [1.165, 1.54) is 5.56 Å². The van der Waals surface area contributed by atoms with Crippen molar-refractivity contribution in [2.24, 2.45) is 0 Å². The van der Waals surface area contributed by atoms with Crippen LogP contribution in [0.5, 0.6) is 0 Å². The zero-order valence-electron chi connectivity index (χ0n) is 14.9. The summed E-state index contributed by atoms with van der Waals surface area (Å²) in [5, 5.41) is 7.31. The zero-order valence-corrected chi connectivity index (χ0v) is 14.9. The number of nitrogens with one attached hydrogen (secondary N) is 2. The van der Waals surface area contributed by atoms with Gasteiger partial charge in [0.2, 0.25) is 5.91 Å². The molecule has 0 fully saturated rings. The third-order valence-electron chi connectivity index (χ3n) is 4.34. The Labute approximate surface area is 148 Å². The van der Waals surface area contributed by atoms with Crippen LogP contribution in [0.15, 0.2) is 59.0 Å². The van der Waals surface area contributed by atoms with Crippen LogP contribution >= 0.6 is 0 Å². The second kappa shape index (κ2) is 7.43. The van der Waals surface area contributed by atoms with Crippen molar-refractivity contribution in [1.82, 2.24) is 5.32 Å². The van der Waals surface area contributed by atoms with Crippen molar-refractivity contribution in [1.29, 1.82) is 0 Å². The lowest BCUT2D eigenvalue weighted by atomic mass is 10.1. The molecule has 0 saturated carbocycles. The van der Waals surface area contributed by atoms with Gasteiger partial charge in [0.1, 0.15) is 17.4 Å². The molecule has 2 unspecified atom stereocenters. The number of amides is 1. The lowest BCUT2D eigenvalue weighted by Crippen LogP contribution is -2.38. The number of fused-ring (bicyclic) bond motifs is 1. The quantitative estimate of drug-likeness (QED) is 0.687. The summed E-state index contributed by atoms with van der Waals surface area (Å²) in [6.07, 6.45) is 0.971. The molecule has 0 aliphatic heterocycles. The number of hydrogen-bond donors (Lipinski definition) is 2. The van der Waals surface area contributed by atoms with Crippen LogP contribution in [0, 0.1) is 0 Å². The Morgan fingerprint density at radius 3 is 2.64 bits per heavy atom. The van der Waals surface area contributed by atoms with Gasteiger partial charge in [0, 0.05) is 11.1 Å². The number of anilines is 1. The molecule has 2 aromatic carbocycles. The monoisotopic (exact) mass is 336 g/mol. The second-order valence-corrected chi connectivity index (χ2v) is 6.34. The van der Waals surface area contributed by atoms with Crippen LogP contribution in [0.4, 0.5) is 5.69 Å². The van der Waals surface area contributed by atoms with Crippen molar-refractivity contribution in [3.63, 3.8) is 0 Å². The number of para-hydroxylation sites is 1. The van der Waals surface area contributed by atoms with Crippen LogP contribution in [-0.4, -0.2) is 11.9 Å². The van der Waals surface area contributed by atoms with Crippen molar-refractivity contribution in [3.8, 4) is 0 Å². The van der Waals surface area contributed by atoms with E-state index in [9.17, 15) is 4.79 Å². The van der Waals surface area contributed by atoms with E-state index >= 15 is 0 Å². The molecule has 4 nitrogen and oxygen atoms in total. The van der Waals surface area contributed by atoms with Crippen molar-refractivity contribution in [2.45, 2.75) is 39.3 Å². The van der Waals surface area contributed by atoms with Crippen LogP contribution < -0.4 is 10.6 Å². The molecule has 130 valence electrons. The van der Waals surface area contributed by atoms with Crippen LogP contribution in [0.25, 0.3) is 11.0 Å². The van der Waals surface area contributed by atoms with Gasteiger partial charge in [-0.3, -0.25) is 4.79 Å². The molecule has 1 aromatic heterocycles. The highest BCUT2D eigenvalue weighted by Gasteiger charge is 2.18. The minimum absolute atomic E-state index is 0.0603. The molecule has 2 atom stereocenters. The predicted octanol–water partition coefficient (Wildman–Crippen LogP) is 4.67. The molecule has 1 amide bonds. The van der Waals surface area contributed by atoms with E-state index in [2.05, 4.69) is 29.7 Å². The number of rotatable bonds is 6. The van der Waals surface area contributed by atoms with Gasteiger partial charge in [-0.05, 0) is 50.1 Å². The minimum atomic E-state index is -0.334. The van der Waals surface area contributed by atoms with Gasteiger partial charge in [-0.2, -0.15) is 0 Å². The summed E-state index contributed by atoms with van der Waals surface area (Å²) in [7, 11) is 0. The van der Waals surface area contributed by atoms with E-state index in [0.29, 0.717) is 0 Å². The van der Waals surface area contributed by atoms with E-state index in [1.807, 2.05) is 56.3 Å². The Hall–Kier alpha value is -2.75. The standard InChI is InChI=1S/C21H24N2O2/c1-4-16-8-7-10-18(12-16)22-15(3)21(24)23-14(2)20-13-17-9-5-6-11-19(17)25-20/h5-15,22H,4H2,1-3H3,(H,23,24). The number of carbonyl (C=O) groups is 1. The summed E-state index contributed by atoms with van der Waals surface area (Å²) in [5.41, 5.74) is 3.03. The Kier molecular flexibility index (Phi) is 5.08. The lowest BCUT2D eigenvalue weighted by molar-refractivity contribution is -0.122. The first kappa shape index (κ1) is 17.1. The van der Waals surface area contributed by atoms with Gasteiger partial charge in [-0.25, -0.2) is 0 Å². The van der Waals surface area contributed by atoms with E-state index < -0.39 is 0 Å². The summed E-state index contributed by atoms with van der Waals surface area (Å²) < 4.78 is 5.82. The first-order valence-corrected chi connectivity index (χ1v) is 8.71. The number of aryl methyl sites for hydroxylation is 1. The summed E-state index contributed by atoms with van der Waals surface area (Å²) in [6, 6.07) is 17.4. The first-order valence-electron chi connectivity index (χ1n) is 8.71. The molecular formula is C21H24N2O2. The number of hydrogen-bond acceptors (Lipinski definition) is 3. The van der Waals surface area contributed by atoms with E-state index in [4.69, 9.17) is 4.42 Å². The van der Waals surface area contributed by atoms with Crippen LogP contribution in [-0.2, 0) is 11.2 Å².